The molecular formula is C42H42O2. The summed E-state index contributed by atoms with van der Waals surface area (Å²) in [6.45, 7) is 4.53. The molecule has 222 valence electrons. The highest BCUT2D eigenvalue weighted by Gasteiger charge is 2.15. The molecule has 0 fully saturated rings. The van der Waals surface area contributed by atoms with Gasteiger partial charge in [-0.15, -0.1) is 0 Å². The van der Waals surface area contributed by atoms with Crippen molar-refractivity contribution in [3.63, 3.8) is 0 Å². The van der Waals surface area contributed by atoms with Gasteiger partial charge in [-0.1, -0.05) is 113 Å². The standard InChI is InChI=1S/C42H42O2/c1-3-5-7-9-13-29-15-11-17-31(25-29)41-27-37-35-19-20-36-34(33(35)21-23-39(37)43-41)22-24-40-38(36)28-42(44-40)32-18-12-16-30(26-32)14-10-8-6-4-2/h11-12,15-28H,3-10,13-14H2,1-2H3. The Bertz CT molecular complexity index is 1910. The number of hydrogen-bond donors (Lipinski definition) is 0. The lowest BCUT2D eigenvalue weighted by Crippen LogP contribution is -1.86. The molecule has 0 bridgehead atoms. The van der Waals surface area contributed by atoms with E-state index >= 15 is 0 Å². The summed E-state index contributed by atoms with van der Waals surface area (Å²) < 4.78 is 12.9. The van der Waals surface area contributed by atoms with E-state index in [0.29, 0.717) is 0 Å². The van der Waals surface area contributed by atoms with Crippen molar-refractivity contribution in [3.05, 3.63) is 108 Å². The summed E-state index contributed by atoms with van der Waals surface area (Å²) in [4.78, 5) is 0. The van der Waals surface area contributed by atoms with Gasteiger partial charge in [0.15, 0.2) is 0 Å². The summed E-state index contributed by atoms with van der Waals surface area (Å²) in [5.74, 6) is 1.87. The summed E-state index contributed by atoms with van der Waals surface area (Å²) in [5.41, 5.74) is 6.94. The van der Waals surface area contributed by atoms with E-state index in [2.05, 4.69) is 111 Å². The van der Waals surface area contributed by atoms with Crippen molar-refractivity contribution >= 4 is 43.5 Å². The van der Waals surface area contributed by atoms with Crippen LogP contribution in [0.25, 0.3) is 66.1 Å². The van der Waals surface area contributed by atoms with Crippen LogP contribution >= 0.6 is 0 Å². The van der Waals surface area contributed by atoms with Gasteiger partial charge < -0.3 is 8.83 Å². The molecule has 0 saturated carbocycles. The molecule has 0 aliphatic heterocycles. The number of rotatable bonds is 12. The molecule has 2 heterocycles. The Hall–Kier alpha value is -4.30. The van der Waals surface area contributed by atoms with E-state index in [1.807, 2.05) is 0 Å². The Morgan fingerprint density at radius 2 is 0.841 bits per heavy atom. The molecule has 0 amide bonds. The molecule has 0 saturated heterocycles. The van der Waals surface area contributed by atoms with Gasteiger partial charge >= 0.3 is 0 Å². The van der Waals surface area contributed by atoms with Gasteiger partial charge in [-0.2, -0.15) is 0 Å². The summed E-state index contributed by atoms with van der Waals surface area (Å²) in [5, 5.41) is 7.25. The Kier molecular flexibility index (Phi) is 8.24. The molecular weight excluding hydrogens is 536 g/mol. The second-order valence-electron chi connectivity index (χ2n) is 12.5. The molecule has 7 aromatic rings. The van der Waals surface area contributed by atoms with Crippen molar-refractivity contribution in [2.24, 2.45) is 0 Å². The van der Waals surface area contributed by atoms with Gasteiger partial charge in [-0.25, -0.2) is 0 Å². The topological polar surface area (TPSA) is 26.3 Å². The fourth-order valence-corrected chi connectivity index (χ4v) is 6.82. The van der Waals surface area contributed by atoms with Gasteiger partial charge in [-0.05, 0) is 94.8 Å². The molecule has 0 N–H and O–H groups in total. The SMILES string of the molecule is CCCCCCc1cccc(-c2cc3c(ccc4c3ccc3c5cc(-c6cccc(CCCCCC)c6)oc5ccc34)o2)c1. The largest absolute Gasteiger partial charge is 0.456 e. The van der Waals surface area contributed by atoms with Crippen LogP contribution < -0.4 is 0 Å². The van der Waals surface area contributed by atoms with Crippen LogP contribution in [0.5, 0.6) is 0 Å². The highest BCUT2D eigenvalue weighted by atomic mass is 16.3. The summed E-state index contributed by atoms with van der Waals surface area (Å²) >= 11 is 0. The van der Waals surface area contributed by atoms with Gasteiger partial charge in [0.25, 0.3) is 0 Å². The first-order valence-electron chi connectivity index (χ1n) is 16.7. The van der Waals surface area contributed by atoms with Crippen molar-refractivity contribution in [1.82, 2.24) is 0 Å². The lowest BCUT2D eigenvalue weighted by atomic mass is 9.97. The number of hydrogen-bond acceptors (Lipinski definition) is 2. The minimum Gasteiger partial charge on any atom is -0.456 e. The zero-order chi connectivity index (χ0) is 29.9. The maximum Gasteiger partial charge on any atom is 0.135 e. The summed E-state index contributed by atoms with van der Waals surface area (Å²) in [7, 11) is 0. The smallest absolute Gasteiger partial charge is 0.135 e. The van der Waals surface area contributed by atoms with Crippen molar-refractivity contribution in [1.29, 1.82) is 0 Å². The molecule has 0 aliphatic carbocycles. The molecule has 5 aromatic carbocycles. The van der Waals surface area contributed by atoms with Crippen molar-refractivity contribution in [2.45, 2.75) is 78.1 Å². The fraction of sp³-hybridized carbons (Fsp3) is 0.286. The van der Waals surface area contributed by atoms with E-state index in [4.69, 9.17) is 8.83 Å². The van der Waals surface area contributed by atoms with Crippen LogP contribution in [0.2, 0.25) is 0 Å². The van der Waals surface area contributed by atoms with Crippen LogP contribution in [0.1, 0.15) is 76.3 Å². The van der Waals surface area contributed by atoms with Crippen LogP contribution in [0.15, 0.2) is 106 Å². The number of furan rings is 2. The van der Waals surface area contributed by atoms with E-state index in [9.17, 15) is 0 Å². The third-order valence-corrected chi connectivity index (χ3v) is 9.25. The Morgan fingerprint density at radius 1 is 0.409 bits per heavy atom. The van der Waals surface area contributed by atoms with E-state index in [-0.39, 0.29) is 0 Å². The van der Waals surface area contributed by atoms with E-state index < -0.39 is 0 Å². The molecule has 0 unspecified atom stereocenters. The van der Waals surface area contributed by atoms with Crippen LogP contribution in [0.3, 0.4) is 0 Å². The first-order chi connectivity index (χ1) is 21.7. The first kappa shape index (κ1) is 28.5. The second-order valence-corrected chi connectivity index (χ2v) is 12.5. The zero-order valence-electron chi connectivity index (χ0n) is 26.1. The first-order valence-corrected chi connectivity index (χ1v) is 16.7. The number of unbranched alkanes of at least 4 members (excludes halogenated alkanes) is 6. The normalized spacial score (nSPS) is 11.9. The molecule has 0 spiro atoms. The molecule has 2 aromatic heterocycles. The molecule has 7 rings (SSSR count). The minimum absolute atomic E-state index is 0.932. The second kappa shape index (κ2) is 12.7. The molecule has 44 heavy (non-hydrogen) atoms. The third-order valence-electron chi connectivity index (χ3n) is 9.25. The van der Waals surface area contributed by atoms with Gasteiger partial charge in [0, 0.05) is 21.9 Å². The molecule has 0 aliphatic rings. The van der Waals surface area contributed by atoms with E-state index in [1.165, 1.54) is 84.0 Å². The number of fused-ring (bicyclic) bond motifs is 7. The Balaban J connectivity index is 1.22. The highest BCUT2D eigenvalue weighted by molar-refractivity contribution is 6.21. The van der Waals surface area contributed by atoms with Gasteiger partial charge in [0.05, 0.1) is 0 Å². The van der Waals surface area contributed by atoms with Gasteiger partial charge in [-0.3, -0.25) is 0 Å². The highest BCUT2D eigenvalue weighted by Crippen LogP contribution is 2.39. The van der Waals surface area contributed by atoms with Gasteiger partial charge in [0.1, 0.15) is 22.7 Å². The quantitative estimate of drug-likeness (QED) is 0.106. The Morgan fingerprint density at radius 3 is 1.30 bits per heavy atom. The van der Waals surface area contributed by atoms with Gasteiger partial charge in [0.2, 0.25) is 0 Å². The average molecular weight is 579 g/mol. The van der Waals surface area contributed by atoms with Crippen LogP contribution in [0, 0.1) is 0 Å². The predicted molar refractivity (Wildman–Crippen MR) is 188 cm³/mol. The van der Waals surface area contributed by atoms with Crippen LogP contribution in [0.4, 0.5) is 0 Å². The predicted octanol–water partition coefficient (Wildman–Crippen LogP) is 13.1. The summed E-state index contributed by atoms with van der Waals surface area (Å²) in [6, 6.07) is 35.4. The van der Waals surface area contributed by atoms with E-state index in [1.54, 1.807) is 0 Å². The lowest BCUT2D eigenvalue weighted by Gasteiger charge is -2.05. The zero-order valence-corrected chi connectivity index (χ0v) is 26.1. The van der Waals surface area contributed by atoms with Crippen LogP contribution in [-0.4, -0.2) is 0 Å². The molecule has 0 radical (unpaired) electrons. The maximum absolute atomic E-state index is 6.43. The van der Waals surface area contributed by atoms with Crippen molar-refractivity contribution < 1.29 is 8.83 Å². The van der Waals surface area contributed by atoms with E-state index in [0.717, 1.165) is 57.4 Å². The molecule has 0 atom stereocenters. The third kappa shape index (κ3) is 5.66. The maximum atomic E-state index is 6.43. The number of benzene rings is 5. The molecule has 2 nitrogen and oxygen atoms in total. The average Bonchev–Trinajstić information content (AvgIpc) is 3.71. The fourth-order valence-electron chi connectivity index (χ4n) is 6.82. The Labute approximate surface area is 260 Å². The van der Waals surface area contributed by atoms with Crippen LogP contribution in [-0.2, 0) is 12.8 Å². The number of aryl methyl sites for hydroxylation is 2. The molecule has 2 heteroatoms. The van der Waals surface area contributed by atoms with Crippen molar-refractivity contribution in [2.75, 3.05) is 0 Å². The minimum atomic E-state index is 0.932. The lowest BCUT2D eigenvalue weighted by molar-refractivity contribution is 0.631. The van der Waals surface area contributed by atoms with Crippen molar-refractivity contribution in [3.8, 4) is 22.6 Å². The summed E-state index contributed by atoms with van der Waals surface area (Å²) in [6.07, 6.45) is 12.5. The monoisotopic (exact) mass is 578 g/mol.